The summed E-state index contributed by atoms with van der Waals surface area (Å²) in [4.78, 5) is 20.2. The summed E-state index contributed by atoms with van der Waals surface area (Å²) in [6, 6.07) is 0. The molecule has 0 aromatic heterocycles. The molecule has 0 saturated heterocycles. The van der Waals surface area contributed by atoms with Crippen LogP contribution < -0.4 is 16.6 Å². The summed E-state index contributed by atoms with van der Waals surface area (Å²) in [5.41, 5.74) is 8.61. The van der Waals surface area contributed by atoms with Gasteiger partial charge in [-0.1, -0.05) is 0 Å². The highest BCUT2D eigenvalue weighted by Crippen LogP contribution is 1.70. The standard InChI is InChI=1S/C4H9N3O3/c5-2-1-3(8)6-7-4(9)10/h7H,1-2,5H2,(H,6,8)(H,9,10). The Balaban J connectivity index is 3.30. The van der Waals surface area contributed by atoms with Crippen LogP contribution in [0.1, 0.15) is 6.42 Å². The fraction of sp³-hybridized carbons (Fsp3) is 0.500. The fourth-order valence-corrected chi connectivity index (χ4v) is 0.317. The Bertz CT molecular complexity index is 136. The summed E-state index contributed by atoms with van der Waals surface area (Å²) in [6.07, 6.45) is -1.19. The van der Waals surface area contributed by atoms with Crippen LogP contribution in [0.3, 0.4) is 0 Å². The number of carbonyl (C=O) groups excluding carboxylic acids is 1. The van der Waals surface area contributed by atoms with Gasteiger partial charge < -0.3 is 10.8 Å². The predicted molar refractivity (Wildman–Crippen MR) is 33.0 cm³/mol. The molecule has 6 heteroatoms. The molecule has 0 spiro atoms. The van der Waals surface area contributed by atoms with E-state index in [1.807, 2.05) is 5.43 Å². The first-order chi connectivity index (χ1) is 4.66. The van der Waals surface area contributed by atoms with Crippen molar-refractivity contribution in [1.29, 1.82) is 0 Å². The summed E-state index contributed by atoms with van der Waals surface area (Å²) < 4.78 is 0. The van der Waals surface area contributed by atoms with Crippen LogP contribution in [0.5, 0.6) is 0 Å². The molecule has 0 aliphatic rings. The van der Waals surface area contributed by atoms with Gasteiger partial charge in [0, 0.05) is 13.0 Å². The second-order valence-corrected chi connectivity index (χ2v) is 1.52. The number of nitrogens with one attached hydrogen (secondary N) is 2. The molecule has 0 aromatic rings. The summed E-state index contributed by atoms with van der Waals surface area (Å²) in [7, 11) is 0. The third kappa shape index (κ3) is 4.85. The molecular formula is C4H9N3O3. The first-order valence-corrected chi connectivity index (χ1v) is 2.64. The van der Waals surface area contributed by atoms with E-state index in [0.29, 0.717) is 0 Å². The molecule has 0 atom stereocenters. The Kier molecular flexibility index (Phi) is 3.97. The van der Waals surface area contributed by atoms with Crippen LogP contribution in [-0.2, 0) is 4.79 Å². The average molecular weight is 147 g/mol. The lowest BCUT2D eigenvalue weighted by atomic mass is 10.4. The molecule has 0 bridgehead atoms. The fourth-order valence-electron chi connectivity index (χ4n) is 0.317. The summed E-state index contributed by atoms with van der Waals surface area (Å²) >= 11 is 0. The second-order valence-electron chi connectivity index (χ2n) is 1.52. The highest BCUT2D eigenvalue weighted by Gasteiger charge is 1.98. The number of carboxylic acid groups (broad SMARTS) is 1. The van der Waals surface area contributed by atoms with Crippen molar-refractivity contribution in [2.45, 2.75) is 6.42 Å². The minimum atomic E-state index is -1.30. The minimum absolute atomic E-state index is 0.111. The summed E-state index contributed by atoms with van der Waals surface area (Å²) in [6.45, 7) is 0.202. The quantitative estimate of drug-likeness (QED) is 0.362. The van der Waals surface area contributed by atoms with Gasteiger partial charge in [-0.3, -0.25) is 10.2 Å². The van der Waals surface area contributed by atoms with Gasteiger partial charge in [0.15, 0.2) is 0 Å². The molecule has 0 aliphatic heterocycles. The monoisotopic (exact) mass is 147 g/mol. The van der Waals surface area contributed by atoms with Crippen LogP contribution in [-0.4, -0.2) is 23.7 Å². The number of hydrazine groups is 1. The molecule has 5 N–H and O–H groups in total. The Morgan fingerprint density at radius 2 is 2.00 bits per heavy atom. The van der Waals surface area contributed by atoms with E-state index in [1.165, 1.54) is 0 Å². The molecule has 0 heterocycles. The van der Waals surface area contributed by atoms with E-state index in [4.69, 9.17) is 10.8 Å². The van der Waals surface area contributed by atoms with Crippen molar-refractivity contribution in [3.63, 3.8) is 0 Å². The zero-order valence-corrected chi connectivity index (χ0v) is 5.26. The van der Waals surface area contributed by atoms with Crippen LogP contribution in [0.25, 0.3) is 0 Å². The van der Waals surface area contributed by atoms with Crippen LogP contribution in [0, 0.1) is 0 Å². The maximum atomic E-state index is 10.4. The number of rotatable bonds is 2. The lowest BCUT2D eigenvalue weighted by Gasteiger charge is -2.00. The van der Waals surface area contributed by atoms with Gasteiger partial charge in [-0.15, -0.1) is 0 Å². The van der Waals surface area contributed by atoms with E-state index in [0.717, 1.165) is 0 Å². The van der Waals surface area contributed by atoms with Gasteiger partial charge in [0.05, 0.1) is 0 Å². The van der Waals surface area contributed by atoms with Gasteiger partial charge in [-0.05, 0) is 0 Å². The number of amides is 2. The van der Waals surface area contributed by atoms with Gasteiger partial charge in [0.1, 0.15) is 0 Å². The van der Waals surface area contributed by atoms with Crippen molar-refractivity contribution < 1.29 is 14.7 Å². The summed E-state index contributed by atoms with van der Waals surface area (Å²) in [5.74, 6) is -0.440. The predicted octanol–water partition coefficient (Wildman–Crippen LogP) is -1.37. The topological polar surface area (TPSA) is 104 Å². The molecular weight excluding hydrogens is 138 g/mol. The molecule has 0 radical (unpaired) electrons. The zero-order chi connectivity index (χ0) is 7.98. The Morgan fingerprint density at radius 3 is 2.40 bits per heavy atom. The van der Waals surface area contributed by atoms with Crippen LogP contribution in [0.4, 0.5) is 4.79 Å². The van der Waals surface area contributed by atoms with E-state index >= 15 is 0 Å². The molecule has 10 heavy (non-hydrogen) atoms. The van der Waals surface area contributed by atoms with Crippen molar-refractivity contribution >= 4 is 12.0 Å². The Labute approximate surface area is 57.4 Å². The third-order valence-corrected chi connectivity index (χ3v) is 0.680. The SMILES string of the molecule is NCCC(=O)NNC(=O)O. The number of hydrogen-bond acceptors (Lipinski definition) is 3. The summed E-state index contributed by atoms with van der Waals surface area (Å²) in [5, 5.41) is 7.97. The third-order valence-electron chi connectivity index (χ3n) is 0.680. The van der Waals surface area contributed by atoms with Crippen LogP contribution in [0.15, 0.2) is 0 Å². The minimum Gasteiger partial charge on any atom is -0.464 e. The van der Waals surface area contributed by atoms with E-state index in [1.54, 1.807) is 5.43 Å². The molecule has 0 saturated carbocycles. The van der Waals surface area contributed by atoms with E-state index in [-0.39, 0.29) is 13.0 Å². The van der Waals surface area contributed by atoms with Crippen LogP contribution in [0.2, 0.25) is 0 Å². The Morgan fingerprint density at radius 1 is 1.40 bits per heavy atom. The largest absolute Gasteiger partial charge is 0.464 e. The first kappa shape index (κ1) is 8.70. The molecule has 0 fully saturated rings. The van der Waals surface area contributed by atoms with Gasteiger partial charge in [-0.25, -0.2) is 10.2 Å². The molecule has 58 valence electrons. The van der Waals surface area contributed by atoms with Crippen molar-refractivity contribution in [3.05, 3.63) is 0 Å². The Hall–Kier alpha value is -1.30. The molecule has 0 aromatic carbocycles. The number of nitrogens with two attached hydrogens (primary N) is 1. The van der Waals surface area contributed by atoms with Crippen molar-refractivity contribution in [3.8, 4) is 0 Å². The second kappa shape index (κ2) is 4.57. The van der Waals surface area contributed by atoms with Crippen LogP contribution >= 0.6 is 0 Å². The van der Waals surface area contributed by atoms with E-state index in [2.05, 4.69) is 0 Å². The average Bonchev–Trinajstić information content (AvgIpc) is 1.85. The van der Waals surface area contributed by atoms with Gasteiger partial charge in [-0.2, -0.15) is 0 Å². The van der Waals surface area contributed by atoms with Gasteiger partial charge in [0.2, 0.25) is 5.91 Å². The van der Waals surface area contributed by atoms with Crippen molar-refractivity contribution in [2.75, 3.05) is 6.54 Å². The highest BCUT2D eigenvalue weighted by atomic mass is 16.4. The van der Waals surface area contributed by atoms with Gasteiger partial charge in [0.25, 0.3) is 0 Å². The molecule has 0 rings (SSSR count). The maximum Gasteiger partial charge on any atom is 0.423 e. The maximum absolute atomic E-state index is 10.4. The number of hydrogen-bond donors (Lipinski definition) is 4. The van der Waals surface area contributed by atoms with Crippen molar-refractivity contribution in [1.82, 2.24) is 10.9 Å². The molecule has 0 aliphatic carbocycles. The van der Waals surface area contributed by atoms with E-state index < -0.39 is 12.0 Å². The smallest absolute Gasteiger partial charge is 0.423 e. The molecule has 0 unspecified atom stereocenters. The highest BCUT2D eigenvalue weighted by molar-refractivity contribution is 5.78. The molecule has 2 amide bonds. The van der Waals surface area contributed by atoms with Crippen molar-refractivity contribution in [2.24, 2.45) is 5.73 Å². The number of carbonyl (C=O) groups is 2. The normalized spacial score (nSPS) is 8.50. The van der Waals surface area contributed by atoms with Gasteiger partial charge >= 0.3 is 6.09 Å². The lowest BCUT2D eigenvalue weighted by molar-refractivity contribution is -0.121. The lowest BCUT2D eigenvalue weighted by Crippen LogP contribution is -2.41. The van der Waals surface area contributed by atoms with E-state index in [9.17, 15) is 9.59 Å². The molecule has 6 nitrogen and oxygen atoms in total. The zero-order valence-electron chi connectivity index (χ0n) is 5.26. The first-order valence-electron chi connectivity index (χ1n) is 2.64.